The first-order chi connectivity index (χ1) is 13.9. The molecule has 1 aromatic rings. The van der Waals surface area contributed by atoms with E-state index in [1.54, 1.807) is 24.7 Å². The number of pyridine rings is 1. The third-order valence-electron chi connectivity index (χ3n) is 4.89. The molecule has 1 amide bonds. The average Bonchev–Trinajstić information content (AvgIpc) is 2.97. The van der Waals surface area contributed by atoms with Gasteiger partial charge in [-0.05, 0) is 39.3 Å². The van der Waals surface area contributed by atoms with Crippen LogP contribution in [0.15, 0.2) is 9.70 Å². The van der Waals surface area contributed by atoms with E-state index in [-0.39, 0.29) is 17.0 Å². The molecule has 1 aromatic heterocycles. The molecule has 1 aliphatic rings. The minimum absolute atomic E-state index is 0.101. The van der Waals surface area contributed by atoms with Gasteiger partial charge in [-0.2, -0.15) is 5.26 Å². The Balaban J connectivity index is 2.73. The van der Waals surface area contributed by atoms with Gasteiger partial charge in [0.25, 0.3) is 11.5 Å². The number of carbonyl (C=O) groups excluding carboxylic acids is 1. The number of anilines is 1. The van der Waals surface area contributed by atoms with Crippen LogP contribution < -0.4 is 10.5 Å². The summed E-state index contributed by atoms with van der Waals surface area (Å²) in [6.45, 7) is 10.2. The highest BCUT2D eigenvalue weighted by molar-refractivity contribution is 8.26. The predicted molar refractivity (Wildman–Crippen MR) is 121 cm³/mol. The van der Waals surface area contributed by atoms with Crippen molar-refractivity contribution in [1.82, 2.24) is 9.47 Å². The lowest BCUT2D eigenvalue weighted by molar-refractivity contribution is -0.122. The van der Waals surface area contributed by atoms with E-state index in [1.165, 1.54) is 16.7 Å². The molecule has 7 nitrogen and oxygen atoms in total. The zero-order chi connectivity index (χ0) is 21.7. The number of aromatic nitrogens is 1. The van der Waals surface area contributed by atoms with Gasteiger partial charge in [-0.3, -0.25) is 19.1 Å². The van der Waals surface area contributed by atoms with Gasteiger partial charge in [-0.1, -0.05) is 24.0 Å². The lowest BCUT2D eigenvalue weighted by Crippen LogP contribution is -2.34. The topological polar surface area (TPSA) is 78.6 Å². The maximum absolute atomic E-state index is 12.9. The third-order valence-corrected chi connectivity index (χ3v) is 6.27. The van der Waals surface area contributed by atoms with E-state index in [1.807, 2.05) is 26.8 Å². The molecule has 2 heterocycles. The summed E-state index contributed by atoms with van der Waals surface area (Å²) in [5.41, 5.74) is 1.08. The standard InChI is InChI=1S/C20H26N4O3S2/c1-6-22(7-2)17-14(13(4)15(12-21)18(25)23(17)8-3)11-16-19(26)24(9-10-27-5)20(28)29-16/h11H,6-10H2,1-5H3. The van der Waals surface area contributed by atoms with E-state index in [0.29, 0.717) is 53.1 Å². The van der Waals surface area contributed by atoms with Crippen LogP contribution in [0.2, 0.25) is 0 Å². The van der Waals surface area contributed by atoms with Crippen LogP contribution in [-0.4, -0.2) is 53.0 Å². The van der Waals surface area contributed by atoms with Crippen molar-refractivity contribution in [1.29, 1.82) is 5.26 Å². The summed E-state index contributed by atoms with van der Waals surface area (Å²) in [4.78, 5) is 29.8. The zero-order valence-electron chi connectivity index (χ0n) is 17.4. The molecule has 0 saturated carbocycles. The SMILES string of the molecule is CCN(CC)c1c(C=C2SC(=S)N(CCOC)C2=O)c(C)c(C#N)c(=O)n1CC. The molecule has 9 heteroatoms. The number of nitriles is 1. The van der Waals surface area contributed by atoms with Crippen molar-refractivity contribution in [3.63, 3.8) is 0 Å². The van der Waals surface area contributed by atoms with Crippen LogP contribution in [0, 0.1) is 18.3 Å². The van der Waals surface area contributed by atoms with E-state index in [0.717, 1.165) is 5.82 Å². The molecule has 0 N–H and O–H groups in total. The van der Waals surface area contributed by atoms with Crippen LogP contribution in [0.5, 0.6) is 0 Å². The number of hydrogen-bond acceptors (Lipinski definition) is 7. The first-order valence-corrected chi connectivity index (χ1v) is 10.7. The fourth-order valence-electron chi connectivity index (χ4n) is 3.31. The molecular weight excluding hydrogens is 408 g/mol. The van der Waals surface area contributed by atoms with Crippen LogP contribution in [0.25, 0.3) is 6.08 Å². The zero-order valence-corrected chi connectivity index (χ0v) is 19.1. The fraction of sp³-hybridized carbons (Fsp3) is 0.500. The highest BCUT2D eigenvalue weighted by Crippen LogP contribution is 2.35. The van der Waals surface area contributed by atoms with Crippen molar-refractivity contribution >= 4 is 46.1 Å². The Morgan fingerprint density at radius 1 is 1.28 bits per heavy atom. The van der Waals surface area contributed by atoms with Gasteiger partial charge in [0.1, 0.15) is 21.8 Å². The monoisotopic (exact) mass is 434 g/mol. The van der Waals surface area contributed by atoms with E-state index >= 15 is 0 Å². The second-order valence-corrected chi connectivity index (χ2v) is 8.07. The first kappa shape index (κ1) is 23.1. The van der Waals surface area contributed by atoms with E-state index in [2.05, 4.69) is 4.90 Å². The van der Waals surface area contributed by atoms with Crippen molar-refractivity contribution in [3.8, 4) is 6.07 Å². The minimum Gasteiger partial charge on any atom is -0.383 e. The molecule has 1 saturated heterocycles. The molecule has 156 valence electrons. The maximum atomic E-state index is 12.9. The second-order valence-electron chi connectivity index (χ2n) is 6.40. The molecule has 0 spiro atoms. The number of rotatable bonds is 8. The van der Waals surface area contributed by atoms with Gasteiger partial charge in [0.05, 0.1) is 18.1 Å². The predicted octanol–water partition coefficient (Wildman–Crippen LogP) is 2.74. The average molecular weight is 435 g/mol. The van der Waals surface area contributed by atoms with Crippen molar-refractivity contribution in [2.75, 3.05) is 38.3 Å². The molecule has 0 aromatic carbocycles. The molecule has 0 bridgehead atoms. The number of amides is 1. The largest absolute Gasteiger partial charge is 0.383 e. The lowest BCUT2D eigenvalue weighted by atomic mass is 10.0. The number of carbonyl (C=O) groups is 1. The second kappa shape index (κ2) is 10.1. The van der Waals surface area contributed by atoms with Gasteiger partial charge in [0.2, 0.25) is 0 Å². The van der Waals surface area contributed by atoms with Gasteiger partial charge in [-0.15, -0.1) is 0 Å². The molecular formula is C20H26N4O3S2. The number of ether oxygens (including phenoxy) is 1. The Labute approximate surface area is 180 Å². The van der Waals surface area contributed by atoms with Gasteiger partial charge < -0.3 is 9.64 Å². The van der Waals surface area contributed by atoms with Crippen molar-refractivity contribution in [3.05, 3.63) is 31.9 Å². The smallest absolute Gasteiger partial charge is 0.270 e. The normalized spacial score (nSPS) is 15.3. The van der Waals surface area contributed by atoms with Crippen molar-refractivity contribution < 1.29 is 9.53 Å². The summed E-state index contributed by atoms with van der Waals surface area (Å²) in [6.07, 6.45) is 1.77. The molecule has 2 rings (SSSR count). The van der Waals surface area contributed by atoms with Crippen LogP contribution in [-0.2, 0) is 16.1 Å². The Morgan fingerprint density at radius 3 is 2.45 bits per heavy atom. The summed E-state index contributed by atoms with van der Waals surface area (Å²) < 4.78 is 7.15. The summed E-state index contributed by atoms with van der Waals surface area (Å²) >= 11 is 6.59. The van der Waals surface area contributed by atoms with Crippen molar-refractivity contribution in [2.45, 2.75) is 34.2 Å². The Bertz CT molecular complexity index is 943. The number of thiocarbonyl (C=S) groups is 1. The van der Waals surface area contributed by atoms with Crippen molar-refractivity contribution in [2.24, 2.45) is 0 Å². The summed E-state index contributed by atoms with van der Waals surface area (Å²) in [5, 5.41) is 9.57. The lowest BCUT2D eigenvalue weighted by Gasteiger charge is -2.28. The highest BCUT2D eigenvalue weighted by Gasteiger charge is 2.32. The molecule has 0 unspecified atom stereocenters. The molecule has 1 aliphatic heterocycles. The van der Waals surface area contributed by atoms with Crippen LogP contribution in [0.1, 0.15) is 37.5 Å². The molecule has 0 atom stereocenters. The summed E-state index contributed by atoms with van der Waals surface area (Å²) in [7, 11) is 1.57. The van der Waals surface area contributed by atoms with Gasteiger partial charge >= 0.3 is 0 Å². The summed E-state index contributed by atoms with van der Waals surface area (Å²) in [5.74, 6) is 0.538. The molecule has 0 aliphatic carbocycles. The number of nitrogens with zero attached hydrogens (tertiary/aromatic N) is 4. The van der Waals surface area contributed by atoms with Gasteiger partial charge in [0, 0.05) is 32.3 Å². The minimum atomic E-state index is -0.306. The number of thioether (sulfide) groups is 1. The van der Waals surface area contributed by atoms with Gasteiger partial charge in [0.15, 0.2) is 0 Å². The summed E-state index contributed by atoms with van der Waals surface area (Å²) in [6, 6.07) is 2.04. The Morgan fingerprint density at radius 2 is 1.93 bits per heavy atom. The van der Waals surface area contributed by atoms with E-state index in [9.17, 15) is 14.9 Å². The van der Waals surface area contributed by atoms with E-state index < -0.39 is 0 Å². The first-order valence-electron chi connectivity index (χ1n) is 9.52. The van der Waals surface area contributed by atoms with Crippen LogP contribution >= 0.6 is 24.0 Å². The Kier molecular flexibility index (Phi) is 8.02. The van der Waals surface area contributed by atoms with Crippen LogP contribution in [0.3, 0.4) is 0 Å². The highest BCUT2D eigenvalue weighted by atomic mass is 32.2. The molecule has 0 radical (unpaired) electrons. The quantitative estimate of drug-likeness (QED) is 0.460. The number of methoxy groups -OCH3 is 1. The van der Waals surface area contributed by atoms with Crippen LogP contribution in [0.4, 0.5) is 5.82 Å². The fourth-order valence-corrected chi connectivity index (χ4v) is 4.60. The Hall–Kier alpha value is -2.15. The molecule has 29 heavy (non-hydrogen) atoms. The van der Waals surface area contributed by atoms with E-state index in [4.69, 9.17) is 17.0 Å². The molecule has 1 fully saturated rings. The van der Waals surface area contributed by atoms with Gasteiger partial charge in [-0.25, -0.2) is 0 Å². The third kappa shape index (κ3) is 4.39. The maximum Gasteiger partial charge on any atom is 0.270 e. The number of hydrogen-bond donors (Lipinski definition) is 0.